The monoisotopic (exact) mass is 461 g/mol. The van der Waals surface area contributed by atoms with E-state index in [1.807, 2.05) is 0 Å². The van der Waals surface area contributed by atoms with Crippen molar-refractivity contribution in [1.82, 2.24) is 15.1 Å². The normalized spacial score (nSPS) is 17.7. The SMILES string of the molecule is CCC(CCOC(=O)C(=O)c1ccccc1)CC(C)(CC)CNC(=O)CN1CCN(C)CC1.[HH]. The van der Waals surface area contributed by atoms with Crippen molar-refractivity contribution >= 4 is 17.7 Å². The summed E-state index contributed by atoms with van der Waals surface area (Å²) >= 11 is 0. The molecule has 1 saturated heterocycles. The van der Waals surface area contributed by atoms with Crippen molar-refractivity contribution in [2.45, 2.75) is 46.5 Å². The lowest BCUT2D eigenvalue weighted by Crippen LogP contribution is -2.49. The van der Waals surface area contributed by atoms with Crippen LogP contribution in [0.4, 0.5) is 0 Å². The number of Topliss-reactive ketones (excluding diaryl/α,β-unsaturated/α-hetero) is 1. The third-order valence-electron chi connectivity index (χ3n) is 6.87. The molecule has 1 aliphatic heterocycles. The van der Waals surface area contributed by atoms with Crippen molar-refractivity contribution in [3.63, 3.8) is 0 Å². The molecule has 0 aliphatic carbocycles. The smallest absolute Gasteiger partial charge is 0.379 e. The van der Waals surface area contributed by atoms with Gasteiger partial charge in [0.15, 0.2) is 0 Å². The highest BCUT2D eigenvalue weighted by Crippen LogP contribution is 2.32. The third kappa shape index (κ3) is 9.26. The van der Waals surface area contributed by atoms with Crippen LogP contribution >= 0.6 is 0 Å². The molecule has 0 saturated carbocycles. The van der Waals surface area contributed by atoms with Crippen molar-refractivity contribution in [3.8, 4) is 0 Å². The van der Waals surface area contributed by atoms with Crippen LogP contribution in [0.15, 0.2) is 30.3 Å². The van der Waals surface area contributed by atoms with Crippen molar-refractivity contribution in [1.29, 1.82) is 0 Å². The zero-order chi connectivity index (χ0) is 24.3. The summed E-state index contributed by atoms with van der Waals surface area (Å²) < 4.78 is 5.26. The second kappa shape index (κ2) is 13.5. The molecule has 2 unspecified atom stereocenters. The van der Waals surface area contributed by atoms with Gasteiger partial charge >= 0.3 is 5.97 Å². The summed E-state index contributed by atoms with van der Waals surface area (Å²) in [6.45, 7) is 11.7. The molecule has 0 aromatic heterocycles. The average Bonchev–Trinajstić information content (AvgIpc) is 2.83. The maximum absolute atomic E-state index is 12.5. The number of hydrogen-bond donors (Lipinski definition) is 1. The molecule has 0 spiro atoms. The fourth-order valence-electron chi connectivity index (χ4n) is 4.16. The van der Waals surface area contributed by atoms with Gasteiger partial charge in [0, 0.05) is 39.7 Å². The fraction of sp³-hybridized carbons (Fsp3) is 0.654. The summed E-state index contributed by atoms with van der Waals surface area (Å²) in [5, 5.41) is 3.15. The van der Waals surface area contributed by atoms with Gasteiger partial charge in [0.05, 0.1) is 13.2 Å². The van der Waals surface area contributed by atoms with E-state index in [9.17, 15) is 14.4 Å². The van der Waals surface area contributed by atoms with Crippen molar-refractivity contribution in [2.24, 2.45) is 11.3 Å². The Balaban J connectivity index is 0.00000578. The number of nitrogens with zero attached hydrogens (tertiary/aromatic N) is 2. The number of nitrogens with one attached hydrogen (secondary N) is 1. The van der Waals surface area contributed by atoms with Gasteiger partial charge in [0.25, 0.3) is 5.78 Å². The molecule has 2 rings (SSSR count). The lowest BCUT2D eigenvalue weighted by atomic mass is 9.77. The van der Waals surface area contributed by atoms with Crippen molar-refractivity contribution in [3.05, 3.63) is 35.9 Å². The van der Waals surface area contributed by atoms with Crippen LogP contribution in [0.1, 0.15) is 58.2 Å². The fourth-order valence-corrected chi connectivity index (χ4v) is 4.16. The first-order valence-electron chi connectivity index (χ1n) is 12.2. The number of carbonyl (C=O) groups excluding carboxylic acids is 3. The van der Waals surface area contributed by atoms with Crippen molar-refractivity contribution < 1.29 is 20.5 Å². The Kier molecular flexibility index (Phi) is 11.0. The zero-order valence-corrected chi connectivity index (χ0v) is 20.8. The predicted molar refractivity (Wildman–Crippen MR) is 132 cm³/mol. The number of likely N-dealkylation sites (N-methyl/N-ethyl adjacent to an activating group) is 1. The summed E-state index contributed by atoms with van der Waals surface area (Å²) in [5.74, 6) is -0.972. The van der Waals surface area contributed by atoms with E-state index in [0.717, 1.165) is 45.4 Å². The molecule has 1 amide bonds. The molecular formula is C26H43N3O4. The molecule has 2 atom stereocenters. The van der Waals surface area contributed by atoms with Crippen LogP contribution in [0.3, 0.4) is 0 Å². The topological polar surface area (TPSA) is 78.9 Å². The Labute approximate surface area is 200 Å². The second-order valence-electron chi connectivity index (χ2n) is 9.62. The number of carbonyl (C=O) groups is 3. The molecule has 1 aliphatic rings. The van der Waals surface area contributed by atoms with E-state index >= 15 is 0 Å². The summed E-state index contributed by atoms with van der Waals surface area (Å²) in [6.07, 6.45) is 3.54. The number of hydrogen-bond acceptors (Lipinski definition) is 6. The van der Waals surface area contributed by atoms with Crippen LogP contribution in [0.25, 0.3) is 0 Å². The lowest BCUT2D eigenvalue weighted by Gasteiger charge is -2.34. The van der Waals surface area contributed by atoms with Gasteiger partial charge in [-0.15, -0.1) is 0 Å². The molecular weight excluding hydrogens is 418 g/mol. The minimum atomic E-state index is -0.800. The van der Waals surface area contributed by atoms with Gasteiger partial charge < -0.3 is 15.0 Å². The average molecular weight is 462 g/mol. The van der Waals surface area contributed by atoms with E-state index in [4.69, 9.17) is 4.74 Å². The summed E-state index contributed by atoms with van der Waals surface area (Å²) in [6, 6.07) is 8.48. The number of amides is 1. The first-order chi connectivity index (χ1) is 15.8. The van der Waals surface area contributed by atoms with Gasteiger partial charge in [0.1, 0.15) is 0 Å². The molecule has 1 N–H and O–H groups in total. The van der Waals surface area contributed by atoms with Gasteiger partial charge in [-0.25, -0.2) is 4.79 Å². The standard InChI is InChI=1S/C26H41N3O4.H2/c1-5-21(12-17-33-25(32)24(31)22-10-8-7-9-11-22)18-26(3,6-2)20-27-23(30)19-29-15-13-28(4)14-16-29;/h7-11,21H,5-6,12-20H2,1-4H3,(H,27,30);1H. The molecule has 7 heteroatoms. The summed E-state index contributed by atoms with van der Waals surface area (Å²) in [4.78, 5) is 41.2. The second-order valence-corrected chi connectivity index (χ2v) is 9.62. The van der Waals surface area contributed by atoms with Crippen molar-refractivity contribution in [2.75, 3.05) is 52.9 Å². The van der Waals surface area contributed by atoms with Crippen LogP contribution < -0.4 is 5.32 Å². The Morgan fingerprint density at radius 1 is 1.12 bits per heavy atom. The molecule has 186 valence electrons. The summed E-state index contributed by atoms with van der Waals surface area (Å²) in [7, 11) is 2.11. The molecule has 1 heterocycles. The molecule has 1 fully saturated rings. The largest absolute Gasteiger partial charge is 0.460 e. The molecule has 1 aromatic carbocycles. The van der Waals surface area contributed by atoms with Crippen LogP contribution in [0.5, 0.6) is 0 Å². The number of rotatable bonds is 13. The van der Waals surface area contributed by atoms with E-state index in [-0.39, 0.29) is 19.4 Å². The molecule has 1 aromatic rings. The molecule has 7 nitrogen and oxygen atoms in total. The highest BCUT2D eigenvalue weighted by atomic mass is 16.5. The third-order valence-corrected chi connectivity index (χ3v) is 6.87. The van der Waals surface area contributed by atoms with E-state index in [1.165, 1.54) is 0 Å². The Morgan fingerprint density at radius 2 is 1.79 bits per heavy atom. The van der Waals surface area contributed by atoms with E-state index in [1.54, 1.807) is 30.3 Å². The zero-order valence-electron chi connectivity index (χ0n) is 20.8. The summed E-state index contributed by atoms with van der Waals surface area (Å²) in [5.41, 5.74) is 0.322. The number of ether oxygens (including phenoxy) is 1. The van der Waals surface area contributed by atoms with Crippen LogP contribution in [-0.2, 0) is 14.3 Å². The predicted octanol–water partition coefficient (Wildman–Crippen LogP) is 3.24. The Morgan fingerprint density at radius 3 is 2.39 bits per heavy atom. The van der Waals surface area contributed by atoms with Gasteiger partial charge in [-0.2, -0.15) is 0 Å². The number of esters is 1. The maximum atomic E-state index is 12.5. The van der Waals surface area contributed by atoms with E-state index < -0.39 is 11.8 Å². The number of piperazine rings is 1. The quantitative estimate of drug-likeness (QED) is 0.276. The maximum Gasteiger partial charge on any atom is 0.379 e. The molecule has 0 bridgehead atoms. The number of ketones is 1. The Bertz CT molecular complexity index is 769. The highest BCUT2D eigenvalue weighted by Gasteiger charge is 2.27. The van der Waals surface area contributed by atoms with Gasteiger partial charge in [-0.1, -0.05) is 57.5 Å². The highest BCUT2D eigenvalue weighted by molar-refractivity contribution is 6.40. The van der Waals surface area contributed by atoms with Crippen LogP contribution in [0.2, 0.25) is 0 Å². The lowest BCUT2D eigenvalue weighted by molar-refractivity contribution is -0.138. The minimum Gasteiger partial charge on any atom is -0.460 e. The van der Waals surface area contributed by atoms with E-state index in [2.05, 4.69) is 42.9 Å². The van der Waals surface area contributed by atoms with Gasteiger partial charge in [-0.05, 0) is 37.6 Å². The first-order valence-corrected chi connectivity index (χ1v) is 12.2. The molecule has 0 radical (unpaired) electrons. The minimum absolute atomic E-state index is 0. The van der Waals surface area contributed by atoms with Gasteiger partial charge in [0.2, 0.25) is 5.91 Å². The van der Waals surface area contributed by atoms with Crippen LogP contribution in [0, 0.1) is 11.3 Å². The molecule has 33 heavy (non-hydrogen) atoms. The number of benzene rings is 1. The van der Waals surface area contributed by atoms with Crippen LogP contribution in [-0.4, -0.2) is 80.4 Å². The van der Waals surface area contributed by atoms with Gasteiger partial charge in [-0.3, -0.25) is 14.5 Å². The van der Waals surface area contributed by atoms with E-state index in [0.29, 0.717) is 31.0 Å². The Hall–Kier alpha value is -2.25. The first kappa shape index (κ1) is 27.0.